The molecule has 0 radical (unpaired) electrons. The topological polar surface area (TPSA) is 49.8 Å². The van der Waals surface area contributed by atoms with Gasteiger partial charge >= 0.3 is 0 Å². The lowest BCUT2D eigenvalue weighted by Crippen LogP contribution is -2.45. The zero-order valence-electron chi connectivity index (χ0n) is 9.82. The van der Waals surface area contributed by atoms with E-state index in [0.29, 0.717) is 6.54 Å². The molecular formula is C11H21NO3. The number of hydrogen-bond acceptors (Lipinski definition) is 3. The molecule has 0 aromatic heterocycles. The van der Waals surface area contributed by atoms with Crippen LogP contribution in [0.4, 0.5) is 0 Å². The Hall–Kier alpha value is -0.610. The van der Waals surface area contributed by atoms with Crippen molar-refractivity contribution in [1.82, 2.24) is 4.90 Å². The summed E-state index contributed by atoms with van der Waals surface area (Å²) in [4.78, 5) is 13.3. The van der Waals surface area contributed by atoms with Gasteiger partial charge in [0, 0.05) is 20.7 Å². The Morgan fingerprint density at radius 1 is 1.53 bits per heavy atom. The Morgan fingerprint density at radius 3 is 2.53 bits per heavy atom. The number of aliphatic hydroxyl groups is 1. The highest BCUT2D eigenvalue weighted by Crippen LogP contribution is 2.29. The quantitative estimate of drug-likeness (QED) is 0.754. The molecule has 1 atom stereocenters. The van der Waals surface area contributed by atoms with Crippen molar-refractivity contribution in [3.63, 3.8) is 0 Å². The fourth-order valence-corrected chi connectivity index (χ4v) is 2.12. The third-order valence-electron chi connectivity index (χ3n) is 3.14. The van der Waals surface area contributed by atoms with Gasteiger partial charge < -0.3 is 14.7 Å². The molecule has 4 heteroatoms. The average molecular weight is 215 g/mol. The summed E-state index contributed by atoms with van der Waals surface area (Å²) in [6.45, 7) is 2.14. The van der Waals surface area contributed by atoms with Gasteiger partial charge in [-0.2, -0.15) is 0 Å². The highest BCUT2D eigenvalue weighted by Gasteiger charge is 2.34. The summed E-state index contributed by atoms with van der Waals surface area (Å²) in [5, 5.41) is 10.1. The van der Waals surface area contributed by atoms with E-state index < -0.39 is 11.7 Å². The third-order valence-corrected chi connectivity index (χ3v) is 3.14. The highest BCUT2D eigenvalue weighted by atomic mass is 16.5. The minimum absolute atomic E-state index is 0.0715. The monoisotopic (exact) mass is 215 g/mol. The second-order valence-electron chi connectivity index (χ2n) is 4.50. The zero-order chi connectivity index (χ0) is 11.5. The van der Waals surface area contributed by atoms with E-state index >= 15 is 0 Å². The number of carbonyl (C=O) groups excluding carboxylic acids is 1. The third kappa shape index (κ3) is 3.18. The maximum atomic E-state index is 11.7. The SMILES string of the molecule is COC(C)C(=O)N(C)CC1(O)CCCC1. The van der Waals surface area contributed by atoms with E-state index in [9.17, 15) is 9.90 Å². The molecule has 0 aromatic carbocycles. The van der Waals surface area contributed by atoms with Crippen molar-refractivity contribution in [2.24, 2.45) is 0 Å². The zero-order valence-corrected chi connectivity index (χ0v) is 9.82. The van der Waals surface area contributed by atoms with Gasteiger partial charge in [-0.15, -0.1) is 0 Å². The van der Waals surface area contributed by atoms with Crippen molar-refractivity contribution in [3.8, 4) is 0 Å². The molecule has 15 heavy (non-hydrogen) atoms. The summed E-state index contributed by atoms with van der Waals surface area (Å²) in [5.74, 6) is -0.0715. The van der Waals surface area contributed by atoms with E-state index in [4.69, 9.17) is 4.74 Å². The summed E-state index contributed by atoms with van der Waals surface area (Å²) in [6.07, 6.45) is 3.27. The number of methoxy groups -OCH3 is 1. The first-order valence-corrected chi connectivity index (χ1v) is 5.49. The number of carbonyl (C=O) groups is 1. The van der Waals surface area contributed by atoms with E-state index in [1.807, 2.05) is 0 Å². The summed E-state index contributed by atoms with van der Waals surface area (Å²) < 4.78 is 4.96. The molecule has 1 aliphatic carbocycles. The molecule has 4 nitrogen and oxygen atoms in total. The van der Waals surface area contributed by atoms with E-state index in [1.54, 1.807) is 18.9 Å². The Bertz CT molecular complexity index is 224. The molecule has 88 valence electrons. The molecule has 1 N–H and O–H groups in total. The van der Waals surface area contributed by atoms with Crippen LogP contribution < -0.4 is 0 Å². The molecule has 1 fully saturated rings. The number of hydrogen-bond donors (Lipinski definition) is 1. The van der Waals surface area contributed by atoms with Gasteiger partial charge in [0.1, 0.15) is 6.10 Å². The van der Waals surface area contributed by atoms with Crippen LogP contribution in [0.3, 0.4) is 0 Å². The molecule has 1 rings (SSSR count). The lowest BCUT2D eigenvalue weighted by atomic mass is 10.0. The number of ether oxygens (including phenoxy) is 1. The van der Waals surface area contributed by atoms with Crippen molar-refractivity contribution in [2.75, 3.05) is 20.7 Å². The summed E-state index contributed by atoms with van der Waals surface area (Å²) in [6, 6.07) is 0. The van der Waals surface area contributed by atoms with Gasteiger partial charge in [0.05, 0.1) is 5.60 Å². The fraction of sp³-hybridized carbons (Fsp3) is 0.909. The second kappa shape index (κ2) is 4.94. The average Bonchev–Trinajstić information content (AvgIpc) is 2.62. The van der Waals surface area contributed by atoms with Gasteiger partial charge in [0.25, 0.3) is 5.91 Å². The Morgan fingerprint density at radius 2 is 2.07 bits per heavy atom. The van der Waals surface area contributed by atoms with E-state index in [1.165, 1.54) is 7.11 Å². The predicted octanol–water partition coefficient (Wildman–Crippen LogP) is 0.785. The fourth-order valence-electron chi connectivity index (χ4n) is 2.12. The minimum Gasteiger partial charge on any atom is -0.388 e. The molecule has 0 aliphatic heterocycles. The molecule has 0 heterocycles. The first kappa shape index (κ1) is 12.5. The molecule has 0 saturated heterocycles. The van der Waals surface area contributed by atoms with Gasteiger partial charge in [0.15, 0.2) is 0 Å². The van der Waals surface area contributed by atoms with Crippen molar-refractivity contribution in [2.45, 2.75) is 44.3 Å². The van der Waals surface area contributed by atoms with Gasteiger partial charge in [-0.05, 0) is 19.8 Å². The van der Waals surface area contributed by atoms with Gasteiger partial charge in [-0.1, -0.05) is 12.8 Å². The smallest absolute Gasteiger partial charge is 0.251 e. The first-order chi connectivity index (χ1) is 6.98. The molecule has 1 aliphatic rings. The lowest BCUT2D eigenvalue weighted by molar-refractivity contribution is -0.142. The van der Waals surface area contributed by atoms with Crippen molar-refractivity contribution >= 4 is 5.91 Å². The van der Waals surface area contributed by atoms with Crippen molar-refractivity contribution < 1.29 is 14.6 Å². The van der Waals surface area contributed by atoms with E-state index in [2.05, 4.69) is 0 Å². The van der Waals surface area contributed by atoms with Gasteiger partial charge in [-0.3, -0.25) is 4.79 Å². The number of amides is 1. The van der Waals surface area contributed by atoms with Crippen LogP contribution in [0.5, 0.6) is 0 Å². The Kier molecular flexibility index (Phi) is 4.11. The van der Waals surface area contributed by atoms with Crippen LogP contribution in [0, 0.1) is 0 Å². The number of rotatable bonds is 4. The largest absolute Gasteiger partial charge is 0.388 e. The normalized spacial score (nSPS) is 21.3. The van der Waals surface area contributed by atoms with Gasteiger partial charge in [-0.25, -0.2) is 0 Å². The van der Waals surface area contributed by atoms with Crippen LogP contribution in [-0.2, 0) is 9.53 Å². The molecular weight excluding hydrogens is 194 g/mol. The summed E-state index contributed by atoms with van der Waals surface area (Å²) in [7, 11) is 3.23. The van der Waals surface area contributed by atoms with Crippen LogP contribution in [0.2, 0.25) is 0 Å². The number of likely N-dealkylation sites (N-methyl/N-ethyl adjacent to an activating group) is 1. The van der Waals surface area contributed by atoms with Crippen molar-refractivity contribution in [3.05, 3.63) is 0 Å². The van der Waals surface area contributed by atoms with E-state index in [0.717, 1.165) is 25.7 Å². The summed E-state index contributed by atoms with van der Waals surface area (Å²) in [5.41, 5.74) is -0.669. The van der Waals surface area contributed by atoms with Crippen molar-refractivity contribution in [1.29, 1.82) is 0 Å². The van der Waals surface area contributed by atoms with Crippen LogP contribution in [0.15, 0.2) is 0 Å². The Labute approximate surface area is 91.2 Å². The van der Waals surface area contributed by atoms with Gasteiger partial charge in [0.2, 0.25) is 0 Å². The standard InChI is InChI=1S/C11H21NO3/c1-9(15-3)10(13)12(2)8-11(14)6-4-5-7-11/h9,14H,4-8H2,1-3H3. The van der Waals surface area contributed by atoms with Crippen LogP contribution in [-0.4, -0.2) is 48.3 Å². The highest BCUT2D eigenvalue weighted by molar-refractivity contribution is 5.80. The van der Waals surface area contributed by atoms with Crippen LogP contribution in [0.1, 0.15) is 32.6 Å². The Balaban J connectivity index is 2.47. The molecule has 0 bridgehead atoms. The lowest BCUT2D eigenvalue weighted by Gasteiger charge is -2.29. The molecule has 0 spiro atoms. The second-order valence-corrected chi connectivity index (χ2v) is 4.50. The van der Waals surface area contributed by atoms with Crippen LogP contribution in [0.25, 0.3) is 0 Å². The molecule has 0 aromatic rings. The molecule has 1 unspecified atom stereocenters. The summed E-state index contributed by atoms with van der Waals surface area (Å²) >= 11 is 0. The molecule has 1 amide bonds. The first-order valence-electron chi connectivity index (χ1n) is 5.49. The van der Waals surface area contributed by atoms with Crippen LogP contribution >= 0.6 is 0 Å². The maximum Gasteiger partial charge on any atom is 0.251 e. The predicted molar refractivity (Wildman–Crippen MR) is 57.5 cm³/mol. The van der Waals surface area contributed by atoms with E-state index in [-0.39, 0.29) is 5.91 Å². The molecule has 1 saturated carbocycles. The maximum absolute atomic E-state index is 11.7. The number of nitrogens with zero attached hydrogens (tertiary/aromatic N) is 1. The minimum atomic E-state index is -0.669.